The second kappa shape index (κ2) is 7.23. The van der Waals surface area contributed by atoms with Crippen LogP contribution in [0.15, 0.2) is 48.7 Å². The Balaban J connectivity index is 1.48. The summed E-state index contributed by atoms with van der Waals surface area (Å²) in [6.07, 6.45) is 3.96. The molecule has 1 saturated heterocycles. The lowest BCUT2D eigenvalue weighted by Gasteiger charge is -2.29. The van der Waals surface area contributed by atoms with Crippen molar-refractivity contribution >= 4 is 11.6 Å². The predicted octanol–water partition coefficient (Wildman–Crippen LogP) is 2.72. The van der Waals surface area contributed by atoms with Crippen molar-refractivity contribution in [2.24, 2.45) is 0 Å². The van der Waals surface area contributed by atoms with E-state index < -0.39 is 0 Å². The standard InChI is InChI=1S/C20H23N3O2/c24-20(23(19-8-9-19)15-17-3-1-2-10-21-17)16-4-6-18(7-5-16)22-11-13-25-14-12-22/h1-7,10,19H,8-9,11-15H2. The molecule has 25 heavy (non-hydrogen) atoms. The van der Waals surface area contributed by atoms with Gasteiger partial charge in [-0.05, 0) is 49.2 Å². The molecule has 0 atom stereocenters. The largest absolute Gasteiger partial charge is 0.378 e. The first kappa shape index (κ1) is 16.1. The Morgan fingerprint density at radius 3 is 2.52 bits per heavy atom. The molecule has 0 bridgehead atoms. The van der Waals surface area contributed by atoms with Crippen molar-refractivity contribution in [3.63, 3.8) is 0 Å². The molecule has 0 N–H and O–H groups in total. The van der Waals surface area contributed by atoms with Crippen LogP contribution in [0.5, 0.6) is 0 Å². The Morgan fingerprint density at radius 1 is 1.12 bits per heavy atom. The quantitative estimate of drug-likeness (QED) is 0.842. The normalized spacial score (nSPS) is 17.4. The molecule has 130 valence electrons. The molecule has 2 aromatic rings. The molecule has 5 nitrogen and oxygen atoms in total. The number of rotatable bonds is 5. The van der Waals surface area contributed by atoms with E-state index in [1.54, 1.807) is 6.20 Å². The average Bonchev–Trinajstić information content (AvgIpc) is 3.52. The summed E-state index contributed by atoms with van der Waals surface area (Å²) in [5, 5.41) is 0. The highest BCUT2D eigenvalue weighted by Crippen LogP contribution is 2.30. The zero-order chi connectivity index (χ0) is 17.1. The van der Waals surface area contributed by atoms with Gasteiger partial charge in [0.1, 0.15) is 0 Å². The first-order valence-corrected chi connectivity index (χ1v) is 8.95. The Labute approximate surface area is 148 Å². The highest BCUT2D eigenvalue weighted by atomic mass is 16.5. The minimum Gasteiger partial charge on any atom is -0.378 e. The average molecular weight is 337 g/mol. The second-order valence-electron chi connectivity index (χ2n) is 6.63. The predicted molar refractivity (Wildman–Crippen MR) is 96.6 cm³/mol. The van der Waals surface area contributed by atoms with Crippen LogP contribution in [0.1, 0.15) is 28.9 Å². The molecule has 1 amide bonds. The maximum atomic E-state index is 13.0. The number of nitrogens with zero attached hydrogens (tertiary/aromatic N) is 3. The van der Waals surface area contributed by atoms with E-state index in [0.717, 1.165) is 56.1 Å². The Kier molecular flexibility index (Phi) is 4.65. The molecule has 0 unspecified atom stereocenters. The van der Waals surface area contributed by atoms with Gasteiger partial charge in [0, 0.05) is 36.6 Å². The highest BCUT2D eigenvalue weighted by molar-refractivity contribution is 5.95. The van der Waals surface area contributed by atoms with Crippen LogP contribution in [-0.4, -0.2) is 48.1 Å². The van der Waals surface area contributed by atoms with Gasteiger partial charge in [-0.25, -0.2) is 0 Å². The van der Waals surface area contributed by atoms with E-state index in [-0.39, 0.29) is 5.91 Å². The molecule has 1 aliphatic heterocycles. The lowest BCUT2D eigenvalue weighted by atomic mass is 10.1. The van der Waals surface area contributed by atoms with E-state index in [2.05, 4.69) is 9.88 Å². The molecule has 0 radical (unpaired) electrons. The van der Waals surface area contributed by atoms with Gasteiger partial charge in [0.15, 0.2) is 0 Å². The van der Waals surface area contributed by atoms with Gasteiger partial charge in [0.25, 0.3) is 5.91 Å². The van der Waals surface area contributed by atoms with Crippen LogP contribution in [0.2, 0.25) is 0 Å². The van der Waals surface area contributed by atoms with Crippen LogP contribution >= 0.6 is 0 Å². The number of morpholine rings is 1. The van der Waals surface area contributed by atoms with Gasteiger partial charge in [-0.3, -0.25) is 9.78 Å². The SMILES string of the molecule is O=C(c1ccc(N2CCOCC2)cc1)N(Cc1ccccn1)C1CC1. The number of hydrogen-bond donors (Lipinski definition) is 0. The molecule has 1 aromatic heterocycles. The molecule has 1 aliphatic carbocycles. The van der Waals surface area contributed by atoms with Crippen LogP contribution < -0.4 is 4.90 Å². The molecule has 2 fully saturated rings. The second-order valence-corrected chi connectivity index (χ2v) is 6.63. The van der Waals surface area contributed by atoms with E-state index in [4.69, 9.17) is 4.74 Å². The van der Waals surface area contributed by atoms with Crippen molar-refractivity contribution in [2.75, 3.05) is 31.2 Å². The van der Waals surface area contributed by atoms with Crippen LogP contribution in [0.3, 0.4) is 0 Å². The van der Waals surface area contributed by atoms with E-state index in [1.807, 2.05) is 47.4 Å². The third-order valence-corrected chi connectivity index (χ3v) is 4.80. The molecule has 5 heteroatoms. The Hall–Kier alpha value is -2.40. The first-order chi connectivity index (χ1) is 12.3. The Bertz CT molecular complexity index is 707. The van der Waals surface area contributed by atoms with Gasteiger partial charge in [-0.1, -0.05) is 6.07 Å². The molecular weight excluding hydrogens is 314 g/mol. The minimum atomic E-state index is 0.0988. The number of ether oxygens (including phenoxy) is 1. The summed E-state index contributed by atoms with van der Waals surface area (Å²) in [5.74, 6) is 0.0988. The van der Waals surface area contributed by atoms with Crippen LogP contribution in [0.25, 0.3) is 0 Å². The summed E-state index contributed by atoms with van der Waals surface area (Å²) in [4.78, 5) is 21.6. The fraction of sp³-hybridized carbons (Fsp3) is 0.400. The highest BCUT2D eigenvalue weighted by Gasteiger charge is 2.33. The molecule has 4 rings (SSSR count). The van der Waals surface area contributed by atoms with Gasteiger partial charge in [-0.2, -0.15) is 0 Å². The van der Waals surface area contributed by atoms with Gasteiger partial charge in [0.05, 0.1) is 25.5 Å². The van der Waals surface area contributed by atoms with Crippen molar-refractivity contribution in [2.45, 2.75) is 25.4 Å². The zero-order valence-electron chi connectivity index (χ0n) is 14.3. The van der Waals surface area contributed by atoms with Crippen LogP contribution in [0.4, 0.5) is 5.69 Å². The van der Waals surface area contributed by atoms with Gasteiger partial charge >= 0.3 is 0 Å². The number of amides is 1. The number of aromatic nitrogens is 1. The van der Waals surface area contributed by atoms with Crippen molar-refractivity contribution in [3.8, 4) is 0 Å². The molecule has 2 aliphatic rings. The number of benzene rings is 1. The van der Waals surface area contributed by atoms with Gasteiger partial charge in [-0.15, -0.1) is 0 Å². The summed E-state index contributed by atoms with van der Waals surface area (Å²) in [6.45, 7) is 3.92. The summed E-state index contributed by atoms with van der Waals surface area (Å²) >= 11 is 0. The van der Waals surface area contributed by atoms with Crippen molar-refractivity contribution in [1.29, 1.82) is 0 Å². The number of carbonyl (C=O) groups is 1. The fourth-order valence-electron chi connectivity index (χ4n) is 3.22. The van der Waals surface area contributed by atoms with Gasteiger partial charge in [0.2, 0.25) is 0 Å². The lowest BCUT2D eigenvalue weighted by molar-refractivity contribution is 0.0727. The number of hydrogen-bond acceptors (Lipinski definition) is 4. The van der Waals surface area contributed by atoms with E-state index >= 15 is 0 Å². The molecule has 1 aromatic carbocycles. The first-order valence-electron chi connectivity index (χ1n) is 8.95. The molecule has 1 saturated carbocycles. The zero-order valence-corrected chi connectivity index (χ0v) is 14.3. The topological polar surface area (TPSA) is 45.7 Å². The lowest BCUT2D eigenvalue weighted by Crippen LogP contribution is -2.36. The van der Waals surface area contributed by atoms with Crippen LogP contribution in [-0.2, 0) is 11.3 Å². The fourth-order valence-corrected chi connectivity index (χ4v) is 3.22. The number of carbonyl (C=O) groups excluding carboxylic acids is 1. The number of anilines is 1. The van der Waals surface area contributed by atoms with Crippen molar-refractivity contribution in [1.82, 2.24) is 9.88 Å². The number of pyridine rings is 1. The third-order valence-electron chi connectivity index (χ3n) is 4.80. The van der Waals surface area contributed by atoms with E-state index in [9.17, 15) is 4.79 Å². The maximum absolute atomic E-state index is 13.0. The smallest absolute Gasteiger partial charge is 0.254 e. The summed E-state index contributed by atoms with van der Waals surface area (Å²) in [5.41, 5.74) is 2.84. The summed E-state index contributed by atoms with van der Waals surface area (Å²) in [7, 11) is 0. The third kappa shape index (κ3) is 3.82. The monoisotopic (exact) mass is 337 g/mol. The van der Waals surface area contributed by atoms with E-state index in [1.165, 1.54) is 0 Å². The van der Waals surface area contributed by atoms with Crippen molar-refractivity contribution < 1.29 is 9.53 Å². The summed E-state index contributed by atoms with van der Waals surface area (Å²) in [6, 6.07) is 14.2. The van der Waals surface area contributed by atoms with Crippen molar-refractivity contribution in [3.05, 3.63) is 59.9 Å². The van der Waals surface area contributed by atoms with Gasteiger partial charge < -0.3 is 14.5 Å². The molecular formula is C20H23N3O2. The molecule has 2 heterocycles. The summed E-state index contributed by atoms with van der Waals surface area (Å²) < 4.78 is 5.40. The van der Waals surface area contributed by atoms with Crippen LogP contribution in [0, 0.1) is 0 Å². The molecule has 0 spiro atoms. The minimum absolute atomic E-state index is 0.0988. The van der Waals surface area contributed by atoms with E-state index in [0.29, 0.717) is 12.6 Å². The maximum Gasteiger partial charge on any atom is 0.254 e. The Morgan fingerprint density at radius 2 is 1.88 bits per heavy atom.